The van der Waals surface area contributed by atoms with E-state index < -0.39 is 11.8 Å². The van der Waals surface area contributed by atoms with Crippen LogP contribution in [0.15, 0.2) is 18.5 Å². The van der Waals surface area contributed by atoms with Crippen LogP contribution in [0.5, 0.6) is 0 Å². The van der Waals surface area contributed by atoms with E-state index in [9.17, 15) is 9.59 Å². The number of ketones is 1. The molecule has 0 bridgehead atoms. The van der Waals surface area contributed by atoms with Crippen molar-refractivity contribution >= 4 is 23.8 Å². The number of rotatable bonds is 5. The lowest BCUT2D eigenvalue weighted by atomic mass is 9.99. The summed E-state index contributed by atoms with van der Waals surface area (Å²) in [5, 5.41) is 8.89. The first-order valence-electron chi connectivity index (χ1n) is 7.49. The zero-order chi connectivity index (χ0) is 16.7. The second-order valence-corrected chi connectivity index (χ2v) is 5.12. The van der Waals surface area contributed by atoms with Crippen LogP contribution in [0.1, 0.15) is 25.3 Å². The molecular weight excluding hydrogens is 296 g/mol. The van der Waals surface area contributed by atoms with E-state index in [2.05, 4.69) is 20.8 Å². The minimum atomic E-state index is -0.873. The van der Waals surface area contributed by atoms with Gasteiger partial charge >= 0.3 is 5.97 Å². The first-order chi connectivity index (χ1) is 11.1. The van der Waals surface area contributed by atoms with Crippen molar-refractivity contribution in [1.82, 2.24) is 9.97 Å². The second kappa shape index (κ2) is 8.03. The molecule has 7 heteroatoms. The van der Waals surface area contributed by atoms with E-state index >= 15 is 0 Å². The molecule has 1 fully saturated rings. The maximum atomic E-state index is 11.4. The predicted octanol–water partition coefficient (Wildman–Crippen LogP) is 1.36. The first-order valence-corrected chi connectivity index (χ1v) is 7.49. The Bertz CT molecular complexity index is 626. The number of piperidine rings is 1. The van der Waals surface area contributed by atoms with Gasteiger partial charge in [-0.15, -0.1) is 0 Å². The van der Waals surface area contributed by atoms with Gasteiger partial charge in [0.1, 0.15) is 0 Å². The Morgan fingerprint density at radius 3 is 2.61 bits per heavy atom. The SMILES string of the molecule is CCOC(=O)C(=O)/C=C/c1cnc(N2CCC(C#N)CC2)nc1. The molecule has 1 aliphatic heterocycles. The zero-order valence-electron chi connectivity index (χ0n) is 12.9. The van der Waals surface area contributed by atoms with Crippen LogP contribution in [-0.2, 0) is 14.3 Å². The van der Waals surface area contributed by atoms with E-state index in [1.165, 1.54) is 6.08 Å². The van der Waals surface area contributed by atoms with Gasteiger partial charge in [-0.3, -0.25) is 4.79 Å². The number of esters is 1. The van der Waals surface area contributed by atoms with Crippen LogP contribution in [0, 0.1) is 17.2 Å². The number of ether oxygens (including phenoxy) is 1. The van der Waals surface area contributed by atoms with Crippen molar-refractivity contribution in [2.45, 2.75) is 19.8 Å². The normalized spacial score (nSPS) is 15.4. The van der Waals surface area contributed by atoms with Gasteiger partial charge in [0.05, 0.1) is 12.7 Å². The van der Waals surface area contributed by atoms with Crippen molar-refractivity contribution in [2.75, 3.05) is 24.6 Å². The lowest BCUT2D eigenvalue weighted by Crippen LogP contribution is -2.34. The lowest BCUT2D eigenvalue weighted by Gasteiger charge is -2.28. The molecule has 0 atom stereocenters. The molecule has 0 unspecified atom stereocenters. The summed E-state index contributed by atoms with van der Waals surface area (Å²) in [6.45, 7) is 3.32. The molecule has 0 radical (unpaired) electrons. The average molecular weight is 314 g/mol. The summed E-state index contributed by atoms with van der Waals surface area (Å²) in [7, 11) is 0. The molecule has 1 aromatic heterocycles. The van der Waals surface area contributed by atoms with Crippen LogP contribution in [0.2, 0.25) is 0 Å². The summed E-state index contributed by atoms with van der Waals surface area (Å²) in [5.41, 5.74) is 0.623. The molecular formula is C16H18N4O3. The van der Waals surface area contributed by atoms with Crippen LogP contribution >= 0.6 is 0 Å². The van der Waals surface area contributed by atoms with Gasteiger partial charge in [0, 0.05) is 37.0 Å². The Morgan fingerprint density at radius 1 is 1.39 bits per heavy atom. The van der Waals surface area contributed by atoms with Gasteiger partial charge in [-0.2, -0.15) is 5.26 Å². The Morgan fingerprint density at radius 2 is 2.04 bits per heavy atom. The molecule has 0 spiro atoms. The number of nitriles is 1. The third kappa shape index (κ3) is 4.61. The molecule has 1 aliphatic rings. The average Bonchev–Trinajstić information content (AvgIpc) is 2.60. The monoisotopic (exact) mass is 314 g/mol. The third-order valence-electron chi connectivity index (χ3n) is 3.52. The van der Waals surface area contributed by atoms with Gasteiger partial charge < -0.3 is 9.64 Å². The van der Waals surface area contributed by atoms with E-state index in [4.69, 9.17) is 5.26 Å². The number of hydrogen-bond acceptors (Lipinski definition) is 7. The molecule has 120 valence electrons. The third-order valence-corrected chi connectivity index (χ3v) is 3.52. The van der Waals surface area contributed by atoms with E-state index in [0.717, 1.165) is 32.0 Å². The van der Waals surface area contributed by atoms with Crippen molar-refractivity contribution in [3.8, 4) is 6.07 Å². The minimum Gasteiger partial charge on any atom is -0.460 e. The van der Waals surface area contributed by atoms with Crippen molar-refractivity contribution in [3.63, 3.8) is 0 Å². The number of nitrogens with zero attached hydrogens (tertiary/aromatic N) is 4. The molecule has 0 aliphatic carbocycles. The van der Waals surface area contributed by atoms with E-state index in [0.29, 0.717) is 11.5 Å². The molecule has 0 saturated carbocycles. The molecule has 23 heavy (non-hydrogen) atoms. The highest BCUT2D eigenvalue weighted by atomic mass is 16.5. The molecule has 0 aromatic carbocycles. The molecule has 0 N–H and O–H groups in total. The number of carbonyl (C=O) groups is 2. The quantitative estimate of drug-likeness (QED) is 0.460. The van der Waals surface area contributed by atoms with Crippen molar-refractivity contribution < 1.29 is 14.3 Å². The van der Waals surface area contributed by atoms with Crippen molar-refractivity contribution in [3.05, 3.63) is 24.0 Å². The Kier molecular flexibility index (Phi) is 5.80. The van der Waals surface area contributed by atoms with Crippen molar-refractivity contribution in [2.24, 2.45) is 5.92 Å². The number of carbonyl (C=O) groups excluding carboxylic acids is 2. The van der Waals surface area contributed by atoms with Gasteiger partial charge in [-0.1, -0.05) is 0 Å². The standard InChI is InChI=1S/C16H18N4O3/c1-2-23-15(22)14(21)4-3-13-10-18-16(19-11-13)20-7-5-12(9-17)6-8-20/h3-4,10-12H,2,5-8H2,1H3/b4-3+. The van der Waals surface area contributed by atoms with Crippen LogP contribution in [-0.4, -0.2) is 41.4 Å². The molecule has 1 saturated heterocycles. The fourth-order valence-corrected chi connectivity index (χ4v) is 2.23. The molecule has 7 nitrogen and oxygen atoms in total. The van der Waals surface area contributed by atoms with Crippen LogP contribution in [0.25, 0.3) is 6.08 Å². The summed E-state index contributed by atoms with van der Waals surface area (Å²) in [6, 6.07) is 2.28. The summed E-state index contributed by atoms with van der Waals surface area (Å²) >= 11 is 0. The first kappa shape index (κ1) is 16.6. The smallest absolute Gasteiger partial charge is 0.379 e. The highest BCUT2D eigenvalue weighted by Gasteiger charge is 2.20. The van der Waals surface area contributed by atoms with E-state index in [-0.39, 0.29) is 12.5 Å². The predicted molar refractivity (Wildman–Crippen MR) is 83.3 cm³/mol. The van der Waals surface area contributed by atoms with Crippen LogP contribution in [0.4, 0.5) is 5.95 Å². The summed E-state index contributed by atoms with van der Waals surface area (Å²) in [5.74, 6) is -0.867. The number of hydrogen-bond donors (Lipinski definition) is 0. The second-order valence-electron chi connectivity index (χ2n) is 5.12. The minimum absolute atomic E-state index is 0.113. The topological polar surface area (TPSA) is 96.2 Å². The fraction of sp³-hybridized carbons (Fsp3) is 0.438. The van der Waals surface area contributed by atoms with Gasteiger partial charge in [0.15, 0.2) is 0 Å². The number of anilines is 1. The number of aromatic nitrogens is 2. The van der Waals surface area contributed by atoms with Crippen molar-refractivity contribution in [1.29, 1.82) is 5.26 Å². The van der Waals surface area contributed by atoms with Gasteiger partial charge in [-0.05, 0) is 31.9 Å². The highest BCUT2D eigenvalue weighted by Crippen LogP contribution is 2.19. The van der Waals surface area contributed by atoms with E-state index in [1.807, 2.05) is 4.90 Å². The Balaban J connectivity index is 1.94. The molecule has 0 amide bonds. The van der Waals surface area contributed by atoms with Gasteiger partial charge in [-0.25, -0.2) is 14.8 Å². The Labute approximate surface area is 134 Å². The summed E-state index contributed by atoms with van der Waals surface area (Å²) in [4.78, 5) is 33.2. The van der Waals surface area contributed by atoms with E-state index in [1.54, 1.807) is 19.3 Å². The maximum Gasteiger partial charge on any atom is 0.379 e. The maximum absolute atomic E-state index is 11.4. The molecule has 2 rings (SSSR count). The van der Waals surface area contributed by atoms with Gasteiger partial charge in [0.25, 0.3) is 5.78 Å². The Hall–Kier alpha value is -2.75. The fourth-order valence-electron chi connectivity index (χ4n) is 2.23. The summed E-state index contributed by atoms with van der Waals surface area (Å²) < 4.78 is 4.61. The lowest BCUT2D eigenvalue weighted by molar-refractivity contribution is -0.151. The molecule has 2 heterocycles. The highest BCUT2D eigenvalue weighted by molar-refractivity contribution is 6.39. The molecule has 1 aromatic rings. The zero-order valence-corrected chi connectivity index (χ0v) is 12.9. The van der Waals surface area contributed by atoms with Crippen LogP contribution < -0.4 is 4.90 Å². The van der Waals surface area contributed by atoms with Gasteiger partial charge in [0.2, 0.25) is 5.95 Å². The van der Waals surface area contributed by atoms with Crippen LogP contribution in [0.3, 0.4) is 0 Å². The summed E-state index contributed by atoms with van der Waals surface area (Å²) in [6.07, 6.45) is 7.44. The largest absolute Gasteiger partial charge is 0.460 e.